The van der Waals surface area contributed by atoms with E-state index >= 15 is 0 Å². The van der Waals surface area contributed by atoms with E-state index in [1.807, 2.05) is 36.3 Å². The summed E-state index contributed by atoms with van der Waals surface area (Å²) in [5.74, 6) is 0. The van der Waals surface area contributed by atoms with Crippen LogP contribution >= 0.6 is 56.9 Å². The van der Waals surface area contributed by atoms with Crippen molar-refractivity contribution in [1.29, 1.82) is 0 Å². The first-order chi connectivity index (χ1) is 14.2. The van der Waals surface area contributed by atoms with Crippen LogP contribution in [0.2, 0.25) is 0 Å². The highest BCUT2D eigenvalue weighted by Crippen LogP contribution is 2.48. The van der Waals surface area contributed by atoms with E-state index in [-0.39, 0.29) is 10.5 Å². The van der Waals surface area contributed by atoms with Crippen LogP contribution in [-0.2, 0) is 0 Å². The molecule has 0 saturated carbocycles. The minimum Gasteiger partial charge on any atom is -0.260 e. The Morgan fingerprint density at radius 3 is 1.34 bits per heavy atom. The zero-order valence-corrected chi connectivity index (χ0v) is 20.6. The van der Waals surface area contributed by atoms with Crippen LogP contribution in [0.1, 0.15) is 33.0 Å². The monoisotopic (exact) mass is 620 g/mol. The van der Waals surface area contributed by atoms with Crippen LogP contribution in [0, 0.1) is 7.14 Å². The van der Waals surface area contributed by atoms with E-state index in [1.54, 1.807) is 0 Å². The van der Waals surface area contributed by atoms with Crippen molar-refractivity contribution in [3.63, 3.8) is 0 Å². The van der Waals surface area contributed by atoms with E-state index in [9.17, 15) is 0 Å². The molecule has 0 saturated heterocycles. The van der Waals surface area contributed by atoms with Crippen molar-refractivity contribution in [2.75, 3.05) is 0 Å². The molecule has 0 fully saturated rings. The van der Waals surface area contributed by atoms with Crippen LogP contribution < -0.4 is 0 Å². The fraction of sp³-hybridized carbons (Fsp3) is 0.0833. The molecule has 4 aromatic rings. The molecule has 144 valence electrons. The first-order valence-corrected chi connectivity index (χ1v) is 12.3. The summed E-state index contributed by atoms with van der Waals surface area (Å²) in [5, 5.41) is 0.208. The van der Waals surface area contributed by atoms with Crippen molar-refractivity contribution < 1.29 is 0 Å². The van der Waals surface area contributed by atoms with Crippen molar-refractivity contribution in [3.05, 3.63) is 127 Å². The Balaban J connectivity index is 1.83. The van der Waals surface area contributed by atoms with Gasteiger partial charge in [-0.05, 0) is 92.7 Å². The van der Waals surface area contributed by atoms with Crippen LogP contribution in [0.5, 0.6) is 0 Å². The molecule has 2 aromatic carbocycles. The fourth-order valence-corrected chi connectivity index (χ4v) is 6.53. The second-order valence-electron chi connectivity index (χ2n) is 6.45. The summed E-state index contributed by atoms with van der Waals surface area (Å²) >= 11 is 6.75. The number of pyridine rings is 2. The first kappa shape index (κ1) is 20.8. The molecule has 2 heterocycles. The van der Waals surface area contributed by atoms with Gasteiger partial charge in [0.2, 0.25) is 0 Å². The number of aromatic nitrogens is 2. The topological polar surface area (TPSA) is 25.8 Å². The maximum Gasteiger partial charge on any atom is 0.0739 e. The third-order valence-corrected chi connectivity index (χ3v) is 8.06. The van der Waals surface area contributed by atoms with Crippen molar-refractivity contribution in [2.24, 2.45) is 0 Å². The predicted octanol–water partition coefficient (Wildman–Crippen LogP) is 7.30. The normalized spacial score (nSPS) is 13.0. The number of hydrogen-bond acceptors (Lipinski definition) is 3. The quantitative estimate of drug-likeness (QED) is 0.212. The van der Waals surface area contributed by atoms with Gasteiger partial charge in [0.1, 0.15) is 0 Å². The summed E-state index contributed by atoms with van der Waals surface area (Å²) in [5.41, 5.74) is 4.69. The third kappa shape index (κ3) is 5.00. The van der Waals surface area contributed by atoms with Gasteiger partial charge >= 0.3 is 0 Å². The minimum absolute atomic E-state index is 0.104. The number of hydrogen-bond donors (Lipinski definition) is 0. The molecule has 0 aliphatic heterocycles. The van der Waals surface area contributed by atoms with E-state index in [4.69, 9.17) is 9.97 Å². The van der Waals surface area contributed by atoms with Gasteiger partial charge in [0, 0.05) is 19.5 Å². The van der Waals surface area contributed by atoms with Crippen molar-refractivity contribution >= 4 is 56.9 Å². The highest BCUT2D eigenvalue weighted by molar-refractivity contribution is 14.1. The highest BCUT2D eigenvalue weighted by Gasteiger charge is 2.27. The molecule has 0 aliphatic rings. The molecule has 29 heavy (non-hydrogen) atoms. The highest BCUT2D eigenvalue weighted by atomic mass is 127. The van der Waals surface area contributed by atoms with Crippen LogP contribution in [0.3, 0.4) is 0 Å². The average Bonchev–Trinajstić information content (AvgIpc) is 2.77. The van der Waals surface area contributed by atoms with Gasteiger partial charge in [-0.3, -0.25) is 9.97 Å². The Bertz CT molecular complexity index is 987. The Hall–Kier alpha value is -1.45. The average molecular weight is 620 g/mol. The lowest BCUT2D eigenvalue weighted by molar-refractivity contribution is 0.997. The van der Waals surface area contributed by atoms with Gasteiger partial charge in [-0.2, -0.15) is 0 Å². The maximum absolute atomic E-state index is 4.71. The van der Waals surface area contributed by atoms with Crippen LogP contribution in [0.15, 0.2) is 97.3 Å². The van der Waals surface area contributed by atoms with E-state index in [0.717, 1.165) is 11.4 Å². The Labute approximate surface area is 202 Å². The number of thioether (sulfide) groups is 1. The molecule has 0 radical (unpaired) electrons. The van der Waals surface area contributed by atoms with Gasteiger partial charge in [0.15, 0.2) is 0 Å². The summed E-state index contributed by atoms with van der Waals surface area (Å²) in [6.07, 6.45) is 3.75. The summed E-state index contributed by atoms with van der Waals surface area (Å²) in [6.45, 7) is 0. The summed E-state index contributed by atoms with van der Waals surface area (Å²) < 4.78 is 2.49. The standard InChI is InChI=1S/C24H18I2N2S/c25-19-11-3-1-9-17(19)23(21-13-5-7-15-27-21)29-24(22-14-6-8-16-28-22)18-10-2-4-12-20(18)26/h1-16,23-24H. The molecule has 2 aromatic heterocycles. The molecule has 0 N–H and O–H groups in total. The Morgan fingerprint density at radius 1 is 0.552 bits per heavy atom. The molecule has 4 rings (SSSR count). The van der Waals surface area contributed by atoms with E-state index in [1.165, 1.54) is 18.3 Å². The molecule has 2 unspecified atom stereocenters. The maximum atomic E-state index is 4.71. The summed E-state index contributed by atoms with van der Waals surface area (Å²) in [4.78, 5) is 9.43. The molecule has 0 amide bonds. The zero-order valence-electron chi connectivity index (χ0n) is 15.5. The van der Waals surface area contributed by atoms with E-state index in [0.29, 0.717) is 0 Å². The molecule has 5 heteroatoms. The Kier molecular flexibility index (Phi) is 7.20. The molecule has 0 spiro atoms. The van der Waals surface area contributed by atoms with Crippen LogP contribution in [-0.4, -0.2) is 9.97 Å². The largest absolute Gasteiger partial charge is 0.260 e. The lowest BCUT2D eigenvalue weighted by atomic mass is 10.1. The molecular formula is C24H18I2N2S. The van der Waals surface area contributed by atoms with Gasteiger partial charge < -0.3 is 0 Å². The third-order valence-electron chi connectivity index (χ3n) is 4.56. The van der Waals surface area contributed by atoms with Crippen LogP contribution in [0.4, 0.5) is 0 Å². The SMILES string of the molecule is Ic1ccccc1C(SC(c1ccccn1)c1ccccc1I)c1ccccn1. The van der Waals surface area contributed by atoms with Crippen molar-refractivity contribution in [2.45, 2.75) is 10.5 Å². The van der Waals surface area contributed by atoms with Gasteiger partial charge in [-0.1, -0.05) is 48.5 Å². The smallest absolute Gasteiger partial charge is 0.0739 e. The van der Waals surface area contributed by atoms with Crippen molar-refractivity contribution in [3.8, 4) is 0 Å². The fourth-order valence-electron chi connectivity index (χ4n) is 3.18. The second kappa shape index (κ2) is 10.0. The van der Waals surface area contributed by atoms with Gasteiger partial charge in [0.05, 0.1) is 21.9 Å². The van der Waals surface area contributed by atoms with E-state index < -0.39 is 0 Å². The molecule has 2 atom stereocenters. The van der Waals surface area contributed by atoms with Crippen molar-refractivity contribution in [1.82, 2.24) is 9.97 Å². The molecule has 0 bridgehead atoms. The van der Waals surface area contributed by atoms with Gasteiger partial charge in [-0.15, -0.1) is 11.8 Å². The van der Waals surface area contributed by atoms with Crippen LogP contribution in [0.25, 0.3) is 0 Å². The zero-order chi connectivity index (χ0) is 20.1. The van der Waals surface area contributed by atoms with Gasteiger partial charge in [-0.25, -0.2) is 0 Å². The molecule has 0 aliphatic carbocycles. The molecule has 2 nitrogen and oxygen atoms in total. The Morgan fingerprint density at radius 2 is 0.966 bits per heavy atom. The first-order valence-electron chi connectivity index (χ1n) is 9.20. The summed E-state index contributed by atoms with van der Waals surface area (Å²) in [7, 11) is 0. The summed E-state index contributed by atoms with van der Waals surface area (Å²) in [6, 6.07) is 29.4. The number of halogens is 2. The minimum atomic E-state index is 0.104. The number of rotatable bonds is 6. The second-order valence-corrected chi connectivity index (χ2v) is 9.99. The van der Waals surface area contributed by atoms with E-state index in [2.05, 4.69) is 118 Å². The number of nitrogens with zero attached hydrogens (tertiary/aromatic N) is 2. The lowest BCUT2D eigenvalue weighted by Crippen LogP contribution is -2.08. The van der Waals surface area contributed by atoms with Gasteiger partial charge in [0.25, 0.3) is 0 Å². The lowest BCUT2D eigenvalue weighted by Gasteiger charge is -2.25. The molecular weight excluding hydrogens is 602 g/mol. The predicted molar refractivity (Wildman–Crippen MR) is 138 cm³/mol. The number of benzene rings is 2.